The van der Waals surface area contributed by atoms with Gasteiger partial charge in [-0.25, -0.2) is 4.79 Å². The van der Waals surface area contributed by atoms with Crippen molar-refractivity contribution in [3.05, 3.63) is 34.9 Å². The molecular formula is C23H33N3O7. The summed E-state index contributed by atoms with van der Waals surface area (Å²) in [5, 5.41) is 16.6. The third-order valence-electron chi connectivity index (χ3n) is 4.78. The zero-order valence-corrected chi connectivity index (χ0v) is 19.7. The van der Waals surface area contributed by atoms with E-state index in [1.807, 2.05) is 19.9 Å². The van der Waals surface area contributed by atoms with Crippen molar-refractivity contribution in [3.63, 3.8) is 0 Å². The van der Waals surface area contributed by atoms with Gasteiger partial charge in [0.15, 0.2) is 12.4 Å². The summed E-state index contributed by atoms with van der Waals surface area (Å²) in [4.78, 5) is 60.5. The molecule has 182 valence electrons. The van der Waals surface area contributed by atoms with Crippen molar-refractivity contribution in [2.75, 3.05) is 19.8 Å². The van der Waals surface area contributed by atoms with E-state index in [9.17, 15) is 29.1 Å². The van der Waals surface area contributed by atoms with Crippen molar-refractivity contribution >= 4 is 29.5 Å². The normalized spacial score (nSPS) is 12.5. The molecule has 0 aromatic heterocycles. The fraction of sp³-hybridized carbons (Fsp3) is 0.522. The average Bonchev–Trinajstić information content (AvgIpc) is 2.73. The lowest BCUT2D eigenvalue weighted by atomic mass is 10.00. The molecule has 0 radical (unpaired) electrons. The smallest absolute Gasteiger partial charge is 0.339 e. The van der Waals surface area contributed by atoms with E-state index in [-0.39, 0.29) is 18.9 Å². The molecule has 0 aliphatic carbocycles. The molecule has 10 nitrogen and oxygen atoms in total. The van der Waals surface area contributed by atoms with Gasteiger partial charge < -0.3 is 25.8 Å². The third-order valence-corrected chi connectivity index (χ3v) is 4.78. The Morgan fingerprint density at radius 2 is 1.61 bits per heavy atom. The van der Waals surface area contributed by atoms with Gasteiger partial charge in [-0.2, -0.15) is 0 Å². The number of nitrogens with one attached hydrogen (secondary N) is 3. The summed E-state index contributed by atoms with van der Waals surface area (Å²) >= 11 is 0. The number of Topliss-reactive ketones (excluding diaryl/α,β-unsaturated/α-hetero) is 1. The van der Waals surface area contributed by atoms with Crippen LogP contribution < -0.4 is 16.0 Å². The lowest BCUT2D eigenvalue weighted by Gasteiger charge is -2.23. The summed E-state index contributed by atoms with van der Waals surface area (Å²) in [7, 11) is 0. The number of hydrogen-bond acceptors (Lipinski definition) is 7. The number of rotatable bonds is 12. The van der Waals surface area contributed by atoms with Crippen LogP contribution in [0.2, 0.25) is 0 Å². The summed E-state index contributed by atoms with van der Waals surface area (Å²) in [6, 6.07) is 3.05. The molecule has 1 aromatic carbocycles. The molecule has 1 rings (SSSR count). The minimum absolute atomic E-state index is 0.0236. The molecule has 33 heavy (non-hydrogen) atoms. The SMILES string of the molecule is CC(=O)NCC(=O)NC(CO)C(=O)NC(CC(C)C)C(=O)COC(=O)c1c(C)cccc1C. The first-order chi connectivity index (χ1) is 15.5. The standard InChI is InChI=1S/C23H33N3O7/c1-13(2)9-17(26-22(31)18(11-27)25-20(30)10-24-16(5)28)19(29)12-33-23(32)21-14(3)7-6-8-15(21)4/h6-8,13,17-18,27H,9-12H2,1-5H3,(H,24,28)(H,25,30)(H,26,31). The van der Waals surface area contributed by atoms with Crippen molar-refractivity contribution in [1.82, 2.24) is 16.0 Å². The Kier molecular flexibility index (Phi) is 11.2. The molecule has 0 saturated carbocycles. The van der Waals surface area contributed by atoms with Crippen LogP contribution in [0, 0.1) is 19.8 Å². The van der Waals surface area contributed by atoms with Crippen molar-refractivity contribution < 1.29 is 33.8 Å². The molecule has 0 aliphatic rings. The number of benzene rings is 1. The Hall–Kier alpha value is -3.27. The maximum absolute atomic E-state index is 12.7. The molecule has 1 aromatic rings. The largest absolute Gasteiger partial charge is 0.454 e. The first kappa shape index (κ1) is 27.8. The highest BCUT2D eigenvalue weighted by molar-refractivity contribution is 5.97. The summed E-state index contributed by atoms with van der Waals surface area (Å²) in [6.07, 6.45) is 0.267. The Bertz CT molecular complexity index is 863. The van der Waals surface area contributed by atoms with Crippen molar-refractivity contribution in [2.24, 2.45) is 5.92 Å². The molecule has 10 heteroatoms. The van der Waals surface area contributed by atoms with E-state index in [2.05, 4.69) is 16.0 Å². The van der Waals surface area contributed by atoms with Gasteiger partial charge in [0.2, 0.25) is 17.7 Å². The van der Waals surface area contributed by atoms with Gasteiger partial charge in [-0.1, -0.05) is 32.0 Å². The predicted octanol–water partition coefficient (Wildman–Crippen LogP) is 0.173. The van der Waals surface area contributed by atoms with Crippen LogP contribution in [-0.2, 0) is 23.9 Å². The number of carbonyl (C=O) groups is 5. The molecule has 2 atom stereocenters. The number of amides is 3. The quantitative estimate of drug-likeness (QED) is 0.323. The number of ether oxygens (including phenoxy) is 1. The van der Waals surface area contributed by atoms with Crippen LogP contribution in [0.1, 0.15) is 48.7 Å². The topological polar surface area (TPSA) is 151 Å². The van der Waals surface area contributed by atoms with Gasteiger partial charge >= 0.3 is 5.97 Å². The zero-order valence-electron chi connectivity index (χ0n) is 19.7. The summed E-state index contributed by atoms with van der Waals surface area (Å²) in [5.74, 6) is -2.99. The summed E-state index contributed by atoms with van der Waals surface area (Å²) in [6.45, 7) is 6.87. The van der Waals surface area contributed by atoms with Crippen molar-refractivity contribution in [2.45, 2.75) is 53.1 Å². The molecule has 0 spiro atoms. The third kappa shape index (κ3) is 9.40. The van der Waals surface area contributed by atoms with E-state index in [1.165, 1.54) is 6.92 Å². The second-order valence-corrected chi connectivity index (χ2v) is 8.21. The van der Waals surface area contributed by atoms with Crippen LogP contribution in [0.25, 0.3) is 0 Å². The van der Waals surface area contributed by atoms with E-state index >= 15 is 0 Å². The molecule has 3 amide bonds. The fourth-order valence-corrected chi connectivity index (χ4v) is 3.10. The number of aliphatic hydroxyl groups excluding tert-OH is 1. The van der Waals surface area contributed by atoms with E-state index in [0.29, 0.717) is 5.56 Å². The fourth-order valence-electron chi connectivity index (χ4n) is 3.10. The number of ketones is 1. The molecular weight excluding hydrogens is 430 g/mol. The second-order valence-electron chi connectivity index (χ2n) is 8.21. The maximum Gasteiger partial charge on any atom is 0.339 e. The number of aliphatic hydroxyl groups is 1. The Balaban J connectivity index is 2.79. The number of aryl methyl sites for hydroxylation is 2. The van der Waals surface area contributed by atoms with Gasteiger partial charge in [-0.15, -0.1) is 0 Å². The van der Waals surface area contributed by atoms with E-state index in [1.54, 1.807) is 26.0 Å². The molecule has 2 unspecified atom stereocenters. The predicted molar refractivity (Wildman–Crippen MR) is 120 cm³/mol. The minimum atomic E-state index is -1.31. The van der Waals surface area contributed by atoms with E-state index in [0.717, 1.165) is 11.1 Å². The van der Waals surface area contributed by atoms with Crippen LogP contribution in [-0.4, -0.2) is 66.4 Å². The molecule has 0 fully saturated rings. The first-order valence-corrected chi connectivity index (χ1v) is 10.7. The van der Waals surface area contributed by atoms with Crippen molar-refractivity contribution in [3.8, 4) is 0 Å². The first-order valence-electron chi connectivity index (χ1n) is 10.7. The van der Waals surface area contributed by atoms with Gasteiger partial charge in [0.1, 0.15) is 6.04 Å². The van der Waals surface area contributed by atoms with Crippen LogP contribution >= 0.6 is 0 Å². The lowest BCUT2D eigenvalue weighted by molar-refractivity contribution is -0.133. The molecule has 0 saturated heterocycles. The highest BCUT2D eigenvalue weighted by Crippen LogP contribution is 2.15. The lowest BCUT2D eigenvalue weighted by Crippen LogP contribution is -2.55. The highest BCUT2D eigenvalue weighted by atomic mass is 16.5. The van der Waals surface area contributed by atoms with E-state index in [4.69, 9.17) is 4.74 Å². The minimum Gasteiger partial charge on any atom is -0.454 e. The number of carbonyl (C=O) groups excluding carboxylic acids is 5. The van der Waals surface area contributed by atoms with Crippen LogP contribution in [0.4, 0.5) is 0 Å². The Morgan fingerprint density at radius 1 is 1.00 bits per heavy atom. The average molecular weight is 464 g/mol. The zero-order chi connectivity index (χ0) is 25.1. The molecule has 0 aliphatic heterocycles. The Labute approximate surface area is 193 Å². The highest BCUT2D eigenvalue weighted by Gasteiger charge is 2.28. The Morgan fingerprint density at radius 3 is 2.12 bits per heavy atom. The maximum atomic E-state index is 12.7. The van der Waals surface area contributed by atoms with Gasteiger partial charge in [0.05, 0.1) is 24.8 Å². The monoisotopic (exact) mass is 463 g/mol. The van der Waals surface area contributed by atoms with Gasteiger partial charge in [0.25, 0.3) is 0 Å². The number of hydrogen-bond donors (Lipinski definition) is 4. The summed E-state index contributed by atoms with van der Waals surface area (Å²) in [5.41, 5.74) is 1.83. The summed E-state index contributed by atoms with van der Waals surface area (Å²) < 4.78 is 5.20. The van der Waals surface area contributed by atoms with Crippen LogP contribution in [0.5, 0.6) is 0 Å². The molecule has 0 heterocycles. The molecule has 0 bridgehead atoms. The van der Waals surface area contributed by atoms with E-state index < -0.39 is 54.8 Å². The van der Waals surface area contributed by atoms with Gasteiger partial charge in [0, 0.05) is 6.92 Å². The van der Waals surface area contributed by atoms with Crippen LogP contribution in [0.15, 0.2) is 18.2 Å². The van der Waals surface area contributed by atoms with Crippen LogP contribution in [0.3, 0.4) is 0 Å². The molecule has 4 N–H and O–H groups in total. The van der Waals surface area contributed by atoms with Crippen molar-refractivity contribution in [1.29, 1.82) is 0 Å². The number of esters is 1. The van der Waals surface area contributed by atoms with Gasteiger partial charge in [-0.3, -0.25) is 19.2 Å². The second kappa shape index (κ2) is 13.3. The van der Waals surface area contributed by atoms with Gasteiger partial charge in [-0.05, 0) is 37.3 Å².